The van der Waals surface area contributed by atoms with Gasteiger partial charge in [-0.05, 0) is 25.7 Å². The minimum Gasteiger partial charge on any atom is -0.390 e. The zero-order chi connectivity index (χ0) is 37.4. The molecule has 4 heteroatoms. The van der Waals surface area contributed by atoms with Gasteiger partial charge in [-0.2, -0.15) is 4.48 Å². The van der Waals surface area contributed by atoms with Crippen LogP contribution in [-0.2, 0) is 9.59 Å². The molecule has 4 nitrogen and oxygen atoms in total. The summed E-state index contributed by atoms with van der Waals surface area (Å²) < 4.78 is -0.0928. The zero-order valence-electron chi connectivity index (χ0n) is 35.4. The predicted molar refractivity (Wildman–Crippen MR) is 224 cm³/mol. The van der Waals surface area contributed by atoms with Gasteiger partial charge in [-0.25, -0.2) is 9.59 Å². The molecule has 0 heterocycles. The Balaban J connectivity index is 4.63. The Morgan fingerprint density at radius 1 is 0.314 bits per heavy atom. The van der Waals surface area contributed by atoms with Gasteiger partial charge in [-0.3, -0.25) is 0 Å². The molecule has 0 aliphatic carbocycles. The number of hydrogen-bond donors (Lipinski definition) is 1. The van der Waals surface area contributed by atoms with Crippen LogP contribution in [0.5, 0.6) is 0 Å². The van der Waals surface area contributed by atoms with Crippen molar-refractivity contribution in [3.63, 3.8) is 0 Å². The Morgan fingerprint density at radius 3 is 0.765 bits per heavy atom. The highest BCUT2D eigenvalue weighted by molar-refractivity contribution is 5.84. The molecule has 2 amide bonds. The Kier molecular flexibility index (Phi) is 39.9. The lowest BCUT2D eigenvalue weighted by molar-refractivity contribution is -0.781. The minimum absolute atomic E-state index is 0.0823. The van der Waals surface area contributed by atoms with Crippen LogP contribution in [0.4, 0.5) is 0 Å². The van der Waals surface area contributed by atoms with Gasteiger partial charge in [-0.15, -0.1) is 0 Å². The number of quaternary nitrogens is 1. The van der Waals surface area contributed by atoms with Gasteiger partial charge in [0, 0.05) is 0 Å². The van der Waals surface area contributed by atoms with Crippen LogP contribution in [0.2, 0.25) is 0 Å². The Morgan fingerprint density at radius 2 is 0.529 bits per heavy atom. The second kappa shape index (κ2) is 40.4. The number of carbonyl (C=O) groups excluding carboxylic acids is 2. The number of nitrogens with zero attached hydrogens (tertiary/aromatic N) is 1. The maximum atomic E-state index is 13.9. The van der Waals surface area contributed by atoms with E-state index in [2.05, 4.69) is 20.8 Å². The van der Waals surface area contributed by atoms with Crippen LogP contribution in [-0.4, -0.2) is 41.1 Å². The maximum absolute atomic E-state index is 13.9. The van der Waals surface area contributed by atoms with E-state index in [0.717, 1.165) is 38.5 Å². The molecule has 0 fully saturated rings. The summed E-state index contributed by atoms with van der Waals surface area (Å²) >= 11 is 0. The van der Waals surface area contributed by atoms with E-state index in [-0.39, 0.29) is 29.4 Å². The van der Waals surface area contributed by atoms with Gasteiger partial charge in [0.1, 0.15) is 6.54 Å². The highest BCUT2D eigenvalue weighted by Gasteiger charge is 2.42. The fraction of sp³-hybridized carbons (Fsp3) is 0.957. The van der Waals surface area contributed by atoms with Crippen molar-refractivity contribution in [2.75, 3.05) is 19.7 Å². The molecule has 304 valence electrons. The van der Waals surface area contributed by atoms with Crippen LogP contribution in [0, 0.1) is 0 Å². The van der Waals surface area contributed by atoms with Crippen molar-refractivity contribution in [3.8, 4) is 0 Å². The molecule has 51 heavy (non-hydrogen) atoms. The first-order valence-electron chi connectivity index (χ1n) is 23.6. The number of unbranched alkanes of at least 4 members (excludes halogenated alkanes) is 34. The summed E-state index contributed by atoms with van der Waals surface area (Å²) in [4.78, 5) is 27.8. The largest absolute Gasteiger partial charge is 0.390 e. The van der Waals surface area contributed by atoms with Crippen molar-refractivity contribution in [2.45, 2.75) is 271 Å². The second-order valence-corrected chi connectivity index (χ2v) is 16.4. The minimum atomic E-state index is -0.0928. The van der Waals surface area contributed by atoms with E-state index >= 15 is 0 Å². The van der Waals surface area contributed by atoms with Gasteiger partial charge < -0.3 is 5.11 Å². The highest BCUT2D eigenvalue weighted by atomic mass is 16.3. The molecular formula is C47H94NO3+. The molecule has 0 aromatic rings. The average Bonchev–Trinajstić information content (AvgIpc) is 3.13. The molecule has 0 bridgehead atoms. The van der Waals surface area contributed by atoms with Crippen molar-refractivity contribution >= 4 is 11.8 Å². The lowest BCUT2D eigenvalue weighted by Crippen LogP contribution is -2.59. The molecule has 0 saturated heterocycles. The summed E-state index contributed by atoms with van der Waals surface area (Å²) in [7, 11) is 0. The third-order valence-corrected chi connectivity index (χ3v) is 11.6. The van der Waals surface area contributed by atoms with Gasteiger partial charge >= 0.3 is 11.8 Å². The Labute approximate surface area is 321 Å². The van der Waals surface area contributed by atoms with Crippen molar-refractivity contribution < 1.29 is 19.2 Å². The molecule has 0 radical (unpaired) electrons. The highest BCUT2D eigenvalue weighted by Crippen LogP contribution is 2.22. The van der Waals surface area contributed by atoms with E-state index < -0.39 is 0 Å². The number of aliphatic hydroxyl groups is 1. The molecule has 0 aliphatic rings. The number of carbonyl (C=O) groups is 2. The number of amides is 2. The summed E-state index contributed by atoms with van der Waals surface area (Å²) in [5, 5.41) is 10.1. The molecule has 0 aliphatic heterocycles. The number of hydrogen-bond acceptors (Lipinski definition) is 3. The lowest BCUT2D eigenvalue weighted by atomic mass is 10.0. The maximum Gasteiger partial charge on any atom is 0.321 e. The summed E-state index contributed by atoms with van der Waals surface area (Å²) in [6.07, 6.45) is 48.3. The molecular weight excluding hydrogens is 627 g/mol. The first kappa shape index (κ1) is 50.3. The Bertz CT molecular complexity index is 680. The van der Waals surface area contributed by atoms with Crippen LogP contribution < -0.4 is 0 Å². The molecule has 0 atom stereocenters. The van der Waals surface area contributed by atoms with Gasteiger partial charge in [0.2, 0.25) is 0 Å². The fourth-order valence-electron chi connectivity index (χ4n) is 7.98. The van der Waals surface area contributed by atoms with Crippen LogP contribution in [0.25, 0.3) is 0 Å². The number of aliphatic hydroxyl groups excluding tert-OH is 1. The molecule has 0 aromatic carbocycles. The molecule has 0 spiro atoms. The summed E-state index contributed by atoms with van der Waals surface area (Å²) in [5.74, 6) is 0.165. The molecule has 1 N–H and O–H groups in total. The van der Waals surface area contributed by atoms with E-state index in [0.29, 0.717) is 19.4 Å². The molecule has 0 rings (SSSR count). The second-order valence-electron chi connectivity index (χ2n) is 16.4. The van der Waals surface area contributed by atoms with Crippen LogP contribution >= 0.6 is 0 Å². The zero-order valence-corrected chi connectivity index (χ0v) is 35.4. The van der Waals surface area contributed by atoms with E-state index in [1.807, 2.05) is 0 Å². The smallest absolute Gasteiger partial charge is 0.321 e. The summed E-state index contributed by atoms with van der Waals surface area (Å²) in [6, 6.07) is 0. The lowest BCUT2D eigenvalue weighted by Gasteiger charge is -2.33. The van der Waals surface area contributed by atoms with Crippen LogP contribution in [0.1, 0.15) is 271 Å². The monoisotopic (exact) mass is 721 g/mol. The van der Waals surface area contributed by atoms with E-state index in [1.54, 1.807) is 0 Å². The van der Waals surface area contributed by atoms with Gasteiger partial charge in [0.25, 0.3) is 0 Å². The molecule has 0 unspecified atom stereocenters. The van der Waals surface area contributed by atoms with Crippen molar-refractivity contribution in [1.82, 2.24) is 0 Å². The quantitative estimate of drug-likeness (QED) is 0.0504. The van der Waals surface area contributed by atoms with Crippen molar-refractivity contribution in [1.29, 1.82) is 0 Å². The predicted octanol–water partition coefficient (Wildman–Crippen LogP) is 15.1. The topological polar surface area (TPSA) is 54.4 Å². The standard InChI is InChI=1S/C47H94NO3/c1-4-7-10-13-16-19-22-24-26-29-32-35-38-41-46(50)48(44-45-49,43-40-37-34-31-28-21-18-15-12-9-6-3)47(51)42-39-36-33-30-27-25-23-20-17-14-11-8-5-2/h49H,4-45H2,1-3H3/q+1. The van der Waals surface area contributed by atoms with Gasteiger partial charge in [0.15, 0.2) is 0 Å². The first-order chi connectivity index (χ1) is 25.1. The third kappa shape index (κ3) is 31.3. The fourth-order valence-corrected chi connectivity index (χ4v) is 7.98. The third-order valence-electron chi connectivity index (χ3n) is 11.6. The average molecular weight is 721 g/mol. The molecule has 0 saturated carbocycles. The van der Waals surface area contributed by atoms with Crippen LogP contribution in [0.3, 0.4) is 0 Å². The van der Waals surface area contributed by atoms with Gasteiger partial charge in [0.05, 0.1) is 26.0 Å². The SMILES string of the molecule is CCCCCCCCCCCCCCCC(=O)[N+](CCO)(CCCCCCCCCCCCC)C(=O)CCCCCCCCCCCCCCC. The van der Waals surface area contributed by atoms with Gasteiger partial charge in [-0.1, -0.05) is 233 Å². The summed E-state index contributed by atoms with van der Waals surface area (Å²) in [5.41, 5.74) is 0. The van der Waals surface area contributed by atoms with E-state index in [9.17, 15) is 14.7 Å². The number of rotatable bonds is 42. The van der Waals surface area contributed by atoms with E-state index in [4.69, 9.17) is 0 Å². The van der Waals surface area contributed by atoms with Crippen molar-refractivity contribution in [2.24, 2.45) is 0 Å². The first-order valence-corrected chi connectivity index (χ1v) is 23.6. The normalized spacial score (nSPS) is 11.8. The molecule has 0 aromatic heterocycles. The van der Waals surface area contributed by atoms with Crippen molar-refractivity contribution in [3.05, 3.63) is 0 Å². The number of imide groups is 1. The van der Waals surface area contributed by atoms with E-state index in [1.165, 1.54) is 199 Å². The summed E-state index contributed by atoms with van der Waals surface area (Å²) in [6.45, 7) is 7.60. The Hall–Kier alpha value is -0.740. The van der Waals surface area contributed by atoms with Crippen LogP contribution in [0.15, 0.2) is 0 Å².